The van der Waals surface area contributed by atoms with Crippen molar-refractivity contribution in [3.63, 3.8) is 0 Å². The van der Waals surface area contributed by atoms with Gasteiger partial charge < -0.3 is 4.90 Å². The van der Waals surface area contributed by atoms with Crippen LogP contribution in [0, 0.1) is 0 Å². The van der Waals surface area contributed by atoms with Crippen molar-refractivity contribution in [3.05, 3.63) is 35.4 Å². The van der Waals surface area contributed by atoms with Gasteiger partial charge in [0.05, 0.1) is 23.7 Å². The quantitative estimate of drug-likeness (QED) is 0.838. The first-order chi connectivity index (χ1) is 9.72. The number of hydrogen-bond acceptors (Lipinski definition) is 2. The monoisotopic (exact) mass is 273 g/mol. The third kappa shape index (κ3) is 2.14. The number of carbonyl (C=O) groups is 2. The summed E-state index contributed by atoms with van der Waals surface area (Å²) in [6.07, 6.45) is 4.77. The molecule has 2 heterocycles. The summed E-state index contributed by atoms with van der Waals surface area (Å²) in [7, 11) is 0. The van der Waals surface area contributed by atoms with Crippen molar-refractivity contribution in [2.45, 2.75) is 38.6 Å². The minimum Gasteiger partial charge on any atom is -0.315 e. The Morgan fingerprint density at radius 3 is 2.40 bits per heavy atom. The van der Waals surface area contributed by atoms with Crippen LogP contribution in [0.2, 0.25) is 0 Å². The van der Waals surface area contributed by atoms with Crippen molar-refractivity contribution in [3.8, 4) is 0 Å². The topological polar surface area (TPSA) is 41.8 Å². The van der Waals surface area contributed by atoms with Crippen LogP contribution in [0.5, 0.6) is 0 Å². The molecule has 1 aromatic rings. The van der Waals surface area contributed by atoms with Crippen molar-refractivity contribution >= 4 is 11.8 Å². The van der Waals surface area contributed by atoms with Crippen LogP contribution in [0.1, 0.15) is 53.3 Å². The van der Waals surface area contributed by atoms with E-state index in [0.717, 1.165) is 13.0 Å². The minimum atomic E-state index is -0.126. The molecule has 4 heteroatoms. The van der Waals surface area contributed by atoms with Crippen LogP contribution in [0.15, 0.2) is 24.3 Å². The lowest BCUT2D eigenvalue weighted by Gasteiger charge is -2.33. The number of nitrogens with one attached hydrogen (secondary N) is 1. The van der Waals surface area contributed by atoms with Crippen LogP contribution in [0.3, 0.4) is 0 Å². The van der Waals surface area contributed by atoms with Crippen molar-refractivity contribution < 1.29 is 14.5 Å². The molecule has 1 N–H and O–H groups in total. The molecule has 1 unspecified atom stereocenters. The van der Waals surface area contributed by atoms with Crippen LogP contribution >= 0.6 is 0 Å². The highest BCUT2D eigenvalue weighted by atomic mass is 16.2. The summed E-state index contributed by atoms with van der Waals surface area (Å²) in [5.41, 5.74) is 1.11. The van der Waals surface area contributed by atoms with E-state index in [2.05, 4.69) is 6.92 Å². The van der Waals surface area contributed by atoms with Crippen molar-refractivity contribution in [1.82, 2.24) is 4.90 Å². The molecule has 2 amide bonds. The number of imide groups is 1. The van der Waals surface area contributed by atoms with Gasteiger partial charge in [-0.3, -0.25) is 9.59 Å². The average molecular weight is 273 g/mol. The van der Waals surface area contributed by atoms with Crippen LogP contribution in [-0.4, -0.2) is 36.0 Å². The summed E-state index contributed by atoms with van der Waals surface area (Å²) in [6, 6.07) is 7.70. The lowest BCUT2D eigenvalue weighted by Crippen LogP contribution is -3.18. The second-order valence-electron chi connectivity index (χ2n) is 5.75. The number of benzene rings is 1. The predicted octanol–water partition coefficient (Wildman–Crippen LogP) is 1.09. The molecule has 1 aromatic carbocycles. The molecule has 2 aliphatic rings. The molecule has 2 atom stereocenters. The standard InChI is InChI=1S/C16H20N2O2/c1-2-12-7-5-6-10-17(12)11-18-15(19)13-8-3-4-9-14(13)16(18)20/h3-4,8-9,12H,2,5-7,10-11H2,1H3/p+1/t12-/m1/s1. The molecule has 20 heavy (non-hydrogen) atoms. The van der Waals surface area contributed by atoms with E-state index in [-0.39, 0.29) is 11.8 Å². The van der Waals surface area contributed by atoms with Gasteiger partial charge in [-0.15, -0.1) is 0 Å². The van der Waals surface area contributed by atoms with E-state index >= 15 is 0 Å². The number of quaternary nitrogens is 1. The Kier molecular flexibility index (Phi) is 3.57. The second-order valence-corrected chi connectivity index (χ2v) is 5.75. The summed E-state index contributed by atoms with van der Waals surface area (Å²) < 4.78 is 0. The van der Waals surface area contributed by atoms with Crippen molar-refractivity contribution in [2.75, 3.05) is 13.2 Å². The first-order valence-corrected chi connectivity index (χ1v) is 7.52. The fourth-order valence-electron chi connectivity index (χ4n) is 3.44. The fourth-order valence-corrected chi connectivity index (χ4v) is 3.44. The van der Waals surface area contributed by atoms with E-state index in [0.29, 0.717) is 23.8 Å². The van der Waals surface area contributed by atoms with Gasteiger partial charge in [-0.25, -0.2) is 4.90 Å². The molecule has 0 spiro atoms. The molecule has 3 rings (SSSR count). The molecule has 106 valence electrons. The summed E-state index contributed by atoms with van der Waals surface area (Å²) in [5, 5.41) is 0. The zero-order chi connectivity index (χ0) is 14.1. The first kappa shape index (κ1) is 13.3. The van der Waals surface area contributed by atoms with E-state index in [4.69, 9.17) is 0 Å². The van der Waals surface area contributed by atoms with E-state index < -0.39 is 0 Å². The molecule has 2 aliphatic heterocycles. The Hall–Kier alpha value is -1.68. The zero-order valence-corrected chi connectivity index (χ0v) is 11.9. The molecule has 0 saturated carbocycles. The van der Waals surface area contributed by atoms with Gasteiger partial charge in [-0.1, -0.05) is 19.1 Å². The molecule has 1 fully saturated rings. The SMILES string of the molecule is CC[C@@H]1CCCC[NH+]1CN1C(=O)c2ccccc2C1=O. The maximum Gasteiger partial charge on any atom is 0.265 e. The molecular weight excluding hydrogens is 252 g/mol. The Balaban J connectivity index is 1.79. The third-order valence-corrected chi connectivity index (χ3v) is 4.61. The zero-order valence-electron chi connectivity index (χ0n) is 11.9. The van der Waals surface area contributed by atoms with Crippen LogP contribution in [0.25, 0.3) is 0 Å². The lowest BCUT2D eigenvalue weighted by atomic mass is 10.0. The highest BCUT2D eigenvalue weighted by Crippen LogP contribution is 2.21. The normalized spacial score (nSPS) is 25.9. The van der Waals surface area contributed by atoms with Gasteiger partial charge in [0.15, 0.2) is 6.67 Å². The Bertz CT molecular complexity index is 506. The first-order valence-electron chi connectivity index (χ1n) is 7.52. The summed E-state index contributed by atoms with van der Waals surface area (Å²) in [6.45, 7) is 3.77. The fraction of sp³-hybridized carbons (Fsp3) is 0.500. The number of carbonyl (C=O) groups excluding carboxylic acids is 2. The maximum atomic E-state index is 12.4. The van der Waals surface area contributed by atoms with Gasteiger partial charge in [0.1, 0.15) is 0 Å². The van der Waals surface area contributed by atoms with Crippen LogP contribution in [0.4, 0.5) is 0 Å². The largest absolute Gasteiger partial charge is 0.315 e. The number of amides is 2. The van der Waals surface area contributed by atoms with Gasteiger partial charge >= 0.3 is 0 Å². The van der Waals surface area contributed by atoms with Crippen molar-refractivity contribution in [1.29, 1.82) is 0 Å². The summed E-state index contributed by atoms with van der Waals surface area (Å²) >= 11 is 0. The molecule has 4 nitrogen and oxygen atoms in total. The smallest absolute Gasteiger partial charge is 0.265 e. The average Bonchev–Trinajstić information content (AvgIpc) is 2.73. The lowest BCUT2D eigenvalue weighted by molar-refractivity contribution is -0.937. The number of rotatable bonds is 3. The third-order valence-electron chi connectivity index (χ3n) is 4.61. The number of fused-ring (bicyclic) bond motifs is 1. The van der Waals surface area contributed by atoms with Gasteiger partial charge in [-0.2, -0.15) is 0 Å². The summed E-state index contributed by atoms with van der Waals surface area (Å²) in [4.78, 5) is 27.6. The van der Waals surface area contributed by atoms with E-state index in [1.165, 1.54) is 29.1 Å². The molecule has 0 aromatic heterocycles. The molecule has 0 bridgehead atoms. The van der Waals surface area contributed by atoms with E-state index in [1.54, 1.807) is 12.1 Å². The number of hydrogen-bond donors (Lipinski definition) is 1. The van der Waals surface area contributed by atoms with E-state index in [9.17, 15) is 9.59 Å². The Morgan fingerprint density at radius 1 is 1.15 bits per heavy atom. The van der Waals surface area contributed by atoms with Crippen molar-refractivity contribution in [2.24, 2.45) is 0 Å². The van der Waals surface area contributed by atoms with Crippen LogP contribution in [-0.2, 0) is 0 Å². The molecule has 0 radical (unpaired) electrons. The highest BCUT2D eigenvalue weighted by molar-refractivity contribution is 6.21. The van der Waals surface area contributed by atoms with Gasteiger partial charge in [0.2, 0.25) is 0 Å². The number of nitrogens with zero attached hydrogens (tertiary/aromatic N) is 1. The van der Waals surface area contributed by atoms with Gasteiger partial charge in [0.25, 0.3) is 11.8 Å². The predicted molar refractivity (Wildman–Crippen MR) is 75.6 cm³/mol. The number of piperidine rings is 1. The Morgan fingerprint density at radius 2 is 1.80 bits per heavy atom. The van der Waals surface area contributed by atoms with E-state index in [1.807, 2.05) is 12.1 Å². The highest BCUT2D eigenvalue weighted by Gasteiger charge is 2.39. The number of likely N-dealkylation sites (tertiary alicyclic amines) is 1. The summed E-state index contributed by atoms with van der Waals surface area (Å²) in [5.74, 6) is -0.253. The molecular formula is C16H21N2O2+. The maximum absolute atomic E-state index is 12.4. The minimum absolute atomic E-state index is 0.126. The second kappa shape index (κ2) is 5.37. The van der Waals surface area contributed by atoms with Gasteiger partial charge in [0, 0.05) is 0 Å². The van der Waals surface area contributed by atoms with Crippen LogP contribution < -0.4 is 4.90 Å². The molecule has 1 saturated heterocycles. The molecule has 0 aliphatic carbocycles. The van der Waals surface area contributed by atoms with Gasteiger partial charge in [-0.05, 0) is 37.8 Å². The Labute approximate surface area is 119 Å².